The number of nitrogens with zero attached hydrogens (tertiary/aromatic N) is 1. The summed E-state index contributed by atoms with van der Waals surface area (Å²) in [6.07, 6.45) is 0. The molecular weight excluding hydrogens is 217 g/mol. The van der Waals surface area contributed by atoms with Gasteiger partial charge in [-0.15, -0.1) is 12.4 Å². The molecule has 0 saturated carbocycles. The highest BCUT2D eigenvalue weighted by molar-refractivity contribution is 6.30. The first kappa shape index (κ1) is 13.3. The highest BCUT2D eigenvalue weighted by Gasteiger charge is 1.87. The van der Waals surface area contributed by atoms with Crippen molar-refractivity contribution in [3.8, 4) is 11.8 Å². The lowest BCUT2D eigenvalue weighted by molar-refractivity contribution is 0.464. The molecule has 0 fully saturated rings. The molecule has 0 unspecified atom stereocenters. The van der Waals surface area contributed by atoms with Gasteiger partial charge in [0.25, 0.3) is 0 Å². The molecule has 0 saturated heterocycles. The summed E-state index contributed by atoms with van der Waals surface area (Å²) in [5, 5.41) is 0.748. The quantitative estimate of drug-likeness (QED) is 0.670. The van der Waals surface area contributed by atoms with E-state index < -0.39 is 0 Å². The monoisotopic (exact) mass is 229 g/mol. The van der Waals surface area contributed by atoms with Crippen molar-refractivity contribution in [1.82, 2.24) is 4.90 Å². The number of benzene rings is 1. The summed E-state index contributed by atoms with van der Waals surface area (Å²) >= 11 is 5.74. The van der Waals surface area contributed by atoms with Crippen LogP contribution < -0.4 is 0 Å². The van der Waals surface area contributed by atoms with Gasteiger partial charge in [-0.3, -0.25) is 4.90 Å². The molecule has 76 valence electrons. The zero-order valence-corrected chi connectivity index (χ0v) is 9.82. The molecule has 0 aliphatic rings. The average molecular weight is 230 g/mol. The molecule has 1 aromatic rings. The minimum Gasteiger partial charge on any atom is -0.299 e. The minimum atomic E-state index is 0. The van der Waals surface area contributed by atoms with Gasteiger partial charge in [0.1, 0.15) is 0 Å². The summed E-state index contributed by atoms with van der Waals surface area (Å²) in [6, 6.07) is 7.54. The normalized spacial score (nSPS) is 8.86. The molecule has 14 heavy (non-hydrogen) atoms. The van der Waals surface area contributed by atoms with Gasteiger partial charge in [-0.05, 0) is 38.4 Å². The van der Waals surface area contributed by atoms with E-state index in [9.17, 15) is 0 Å². The van der Waals surface area contributed by atoms with Crippen LogP contribution in [0.1, 0.15) is 5.56 Å². The van der Waals surface area contributed by atoms with Crippen LogP contribution in [0.15, 0.2) is 24.3 Å². The second-order valence-electron chi connectivity index (χ2n) is 3.05. The van der Waals surface area contributed by atoms with E-state index >= 15 is 0 Å². The zero-order valence-electron chi connectivity index (χ0n) is 8.25. The zero-order chi connectivity index (χ0) is 9.68. The summed E-state index contributed by atoms with van der Waals surface area (Å²) in [6.45, 7) is 0.780. The summed E-state index contributed by atoms with van der Waals surface area (Å²) in [5.41, 5.74) is 1.01. The third kappa shape index (κ3) is 5.14. The molecule has 0 atom stereocenters. The number of hydrogen-bond donors (Lipinski definition) is 0. The maximum absolute atomic E-state index is 5.74. The van der Waals surface area contributed by atoms with Crippen LogP contribution in [-0.4, -0.2) is 25.5 Å². The molecule has 0 heterocycles. The topological polar surface area (TPSA) is 3.24 Å². The summed E-state index contributed by atoms with van der Waals surface area (Å²) < 4.78 is 0. The number of hydrogen-bond acceptors (Lipinski definition) is 1. The van der Waals surface area contributed by atoms with Crippen LogP contribution in [0.4, 0.5) is 0 Å². The highest BCUT2D eigenvalue weighted by Crippen LogP contribution is 2.08. The molecule has 0 radical (unpaired) electrons. The van der Waals surface area contributed by atoms with Gasteiger partial charge < -0.3 is 0 Å². The lowest BCUT2D eigenvalue weighted by atomic mass is 10.2. The molecule has 1 nitrogen and oxygen atoms in total. The summed E-state index contributed by atoms with van der Waals surface area (Å²) in [5.74, 6) is 6.11. The first-order chi connectivity index (χ1) is 6.18. The fourth-order valence-corrected chi connectivity index (χ4v) is 0.959. The van der Waals surface area contributed by atoms with Gasteiger partial charge >= 0.3 is 0 Å². The molecule has 0 aliphatic heterocycles. The lowest BCUT2D eigenvalue weighted by Crippen LogP contribution is -2.10. The maximum Gasteiger partial charge on any atom is 0.0600 e. The van der Waals surface area contributed by atoms with Crippen LogP contribution in [0.3, 0.4) is 0 Å². The average Bonchev–Trinajstić information content (AvgIpc) is 2.08. The third-order valence-electron chi connectivity index (χ3n) is 1.47. The van der Waals surface area contributed by atoms with E-state index in [2.05, 4.69) is 11.8 Å². The van der Waals surface area contributed by atoms with Crippen molar-refractivity contribution in [1.29, 1.82) is 0 Å². The van der Waals surface area contributed by atoms with E-state index in [1.54, 1.807) is 0 Å². The van der Waals surface area contributed by atoms with Crippen molar-refractivity contribution in [2.75, 3.05) is 20.6 Å². The predicted molar refractivity (Wildman–Crippen MR) is 64.1 cm³/mol. The Morgan fingerprint density at radius 1 is 1.21 bits per heavy atom. The van der Waals surface area contributed by atoms with Crippen LogP contribution in [0.25, 0.3) is 0 Å². The van der Waals surface area contributed by atoms with E-state index in [1.807, 2.05) is 43.3 Å². The van der Waals surface area contributed by atoms with Crippen LogP contribution in [0.2, 0.25) is 5.02 Å². The minimum absolute atomic E-state index is 0. The highest BCUT2D eigenvalue weighted by atomic mass is 35.5. The van der Waals surface area contributed by atoms with Gasteiger partial charge in [0.15, 0.2) is 0 Å². The lowest BCUT2D eigenvalue weighted by Gasteiger charge is -2.00. The first-order valence-corrected chi connectivity index (χ1v) is 4.45. The number of rotatable bonds is 1. The van der Waals surface area contributed by atoms with Crippen molar-refractivity contribution < 1.29 is 0 Å². The van der Waals surface area contributed by atoms with Crippen LogP contribution >= 0.6 is 24.0 Å². The molecule has 0 aromatic heterocycles. The van der Waals surface area contributed by atoms with Crippen molar-refractivity contribution in [2.45, 2.75) is 0 Å². The number of halogens is 2. The van der Waals surface area contributed by atoms with Gasteiger partial charge in [-0.2, -0.15) is 0 Å². The Balaban J connectivity index is 0.00000169. The Bertz CT molecular complexity index is 319. The van der Waals surface area contributed by atoms with E-state index in [4.69, 9.17) is 11.6 Å². The predicted octanol–water partition coefficient (Wildman–Crippen LogP) is 2.67. The van der Waals surface area contributed by atoms with E-state index in [0.717, 1.165) is 17.1 Å². The molecule has 1 aromatic carbocycles. The van der Waals surface area contributed by atoms with Crippen LogP contribution in [0, 0.1) is 11.8 Å². The Kier molecular flexibility index (Phi) is 6.40. The summed E-state index contributed by atoms with van der Waals surface area (Å²) in [7, 11) is 3.99. The second-order valence-corrected chi connectivity index (χ2v) is 3.48. The Morgan fingerprint density at radius 2 is 1.79 bits per heavy atom. The Hall–Kier alpha value is -0.680. The van der Waals surface area contributed by atoms with Crippen molar-refractivity contribution in [2.24, 2.45) is 0 Å². The largest absolute Gasteiger partial charge is 0.299 e. The fraction of sp³-hybridized carbons (Fsp3) is 0.273. The van der Waals surface area contributed by atoms with E-state index in [-0.39, 0.29) is 12.4 Å². The SMILES string of the molecule is CN(C)CC#Cc1ccc(Cl)cc1.Cl. The Labute approximate surface area is 96.5 Å². The van der Waals surface area contributed by atoms with Crippen molar-refractivity contribution in [3.05, 3.63) is 34.9 Å². The van der Waals surface area contributed by atoms with Gasteiger partial charge in [0.2, 0.25) is 0 Å². The van der Waals surface area contributed by atoms with Gasteiger partial charge in [-0.1, -0.05) is 23.4 Å². The van der Waals surface area contributed by atoms with Crippen LogP contribution in [0.5, 0.6) is 0 Å². The Morgan fingerprint density at radius 3 is 2.29 bits per heavy atom. The molecule has 0 spiro atoms. The molecule has 0 bridgehead atoms. The van der Waals surface area contributed by atoms with Gasteiger partial charge in [-0.25, -0.2) is 0 Å². The van der Waals surface area contributed by atoms with Gasteiger partial charge in [0, 0.05) is 10.6 Å². The third-order valence-corrected chi connectivity index (χ3v) is 1.72. The molecule has 0 aliphatic carbocycles. The smallest absolute Gasteiger partial charge is 0.0600 e. The molecule has 1 rings (SSSR count). The van der Waals surface area contributed by atoms with E-state index in [0.29, 0.717) is 0 Å². The molecule has 3 heteroatoms. The van der Waals surface area contributed by atoms with Gasteiger partial charge in [0.05, 0.1) is 6.54 Å². The molecule has 0 N–H and O–H groups in total. The van der Waals surface area contributed by atoms with E-state index in [1.165, 1.54) is 0 Å². The van der Waals surface area contributed by atoms with Crippen molar-refractivity contribution in [3.63, 3.8) is 0 Å². The van der Waals surface area contributed by atoms with Crippen molar-refractivity contribution >= 4 is 24.0 Å². The standard InChI is InChI=1S/C11H12ClN.ClH/c1-13(2)9-3-4-10-5-7-11(12)8-6-10;/h5-8H,9H2,1-2H3;1H. The molecular formula is C11H13Cl2N. The van der Waals surface area contributed by atoms with Crippen LogP contribution in [-0.2, 0) is 0 Å². The molecule has 0 amide bonds. The summed E-state index contributed by atoms with van der Waals surface area (Å²) in [4.78, 5) is 2.03. The maximum atomic E-state index is 5.74. The first-order valence-electron chi connectivity index (χ1n) is 4.07. The second kappa shape index (κ2) is 6.73. The fourth-order valence-electron chi connectivity index (χ4n) is 0.833.